The fourth-order valence-corrected chi connectivity index (χ4v) is 2.93. The quantitative estimate of drug-likeness (QED) is 0.764. The molecule has 1 atom stereocenters. The summed E-state index contributed by atoms with van der Waals surface area (Å²) in [6, 6.07) is 0.575. The Morgan fingerprint density at radius 1 is 1.46 bits per heavy atom. The van der Waals surface area contributed by atoms with Gasteiger partial charge in [-0.2, -0.15) is 5.10 Å². The Balaban J connectivity index is 2.14. The molecule has 0 bridgehead atoms. The van der Waals surface area contributed by atoms with E-state index in [-0.39, 0.29) is 11.5 Å². The zero-order valence-corrected chi connectivity index (χ0v) is 14.9. The van der Waals surface area contributed by atoms with E-state index in [0.717, 1.165) is 35.6 Å². The standard InChI is InChI=1S/C17H27N3O4/c1-11(2)7-15(17(22)23)20-16(21)8-12(3)14(18-20)5-6-19-9-13(10-19)24-4/h8,11,13,15H,5-7,9-10H2,1-4H3,(H,22,23). The highest BCUT2D eigenvalue weighted by Gasteiger charge is 2.27. The van der Waals surface area contributed by atoms with Gasteiger partial charge in [0.2, 0.25) is 0 Å². The number of carboxylic acids is 1. The van der Waals surface area contributed by atoms with Gasteiger partial charge in [0.15, 0.2) is 6.04 Å². The molecule has 7 heteroatoms. The lowest BCUT2D eigenvalue weighted by molar-refractivity contribution is -0.141. The van der Waals surface area contributed by atoms with Gasteiger partial charge in [-0.15, -0.1) is 0 Å². The summed E-state index contributed by atoms with van der Waals surface area (Å²) in [4.78, 5) is 26.0. The van der Waals surface area contributed by atoms with Crippen LogP contribution < -0.4 is 5.56 Å². The fourth-order valence-electron chi connectivity index (χ4n) is 2.93. The molecule has 2 rings (SSSR count). The molecule has 0 aromatic carbocycles. The van der Waals surface area contributed by atoms with E-state index in [1.54, 1.807) is 7.11 Å². The van der Waals surface area contributed by atoms with Gasteiger partial charge in [-0.3, -0.25) is 9.69 Å². The van der Waals surface area contributed by atoms with Crippen LogP contribution in [-0.4, -0.2) is 58.6 Å². The van der Waals surface area contributed by atoms with Gasteiger partial charge in [0, 0.05) is 39.2 Å². The van der Waals surface area contributed by atoms with Crippen LogP contribution in [0.15, 0.2) is 10.9 Å². The van der Waals surface area contributed by atoms with Crippen molar-refractivity contribution >= 4 is 5.97 Å². The third-order valence-corrected chi connectivity index (χ3v) is 4.45. The minimum Gasteiger partial charge on any atom is -0.480 e. The smallest absolute Gasteiger partial charge is 0.328 e. The van der Waals surface area contributed by atoms with Crippen LogP contribution in [0.4, 0.5) is 0 Å². The van der Waals surface area contributed by atoms with E-state index in [9.17, 15) is 14.7 Å². The molecule has 0 spiro atoms. The Morgan fingerprint density at radius 3 is 2.67 bits per heavy atom. The number of aryl methyl sites for hydroxylation is 1. The molecule has 1 fully saturated rings. The van der Waals surface area contributed by atoms with Crippen LogP contribution in [0.1, 0.15) is 37.6 Å². The molecule has 1 aliphatic rings. The Kier molecular flexibility index (Phi) is 6.12. The van der Waals surface area contributed by atoms with Crippen LogP contribution in [0, 0.1) is 12.8 Å². The zero-order chi connectivity index (χ0) is 17.9. The van der Waals surface area contributed by atoms with E-state index in [0.29, 0.717) is 18.9 Å². The number of hydrogen-bond donors (Lipinski definition) is 1. The fraction of sp³-hybridized carbons (Fsp3) is 0.706. The van der Waals surface area contributed by atoms with Crippen molar-refractivity contribution < 1.29 is 14.6 Å². The number of ether oxygens (including phenoxy) is 1. The molecular weight excluding hydrogens is 310 g/mol. The van der Waals surface area contributed by atoms with Gasteiger partial charge in [0.1, 0.15) is 0 Å². The first-order valence-corrected chi connectivity index (χ1v) is 8.39. The van der Waals surface area contributed by atoms with Gasteiger partial charge in [-0.05, 0) is 24.8 Å². The molecule has 1 saturated heterocycles. The lowest BCUT2D eigenvalue weighted by Crippen LogP contribution is -2.52. The molecule has 1 aromatic heterocycles. The molecule has 1 aromatic rings. The molecule has 0 amide bonds. The van der Waals surface area contributed by atoms with E-state index in [4.69, 9.17) is 4.74 Å². The van der Waals surface area contributed by atoms with Crippen molar-refractivity contribution in [1.82, 2.24) is 14.7 Å². The molecule has 24 heavy (non-hydrogen) atoms. The van der Waals surface area contributed by atoms with Crippen molar-refractivity contribution in [3.8, 4) is 0 Å². The number of rotatable bonds is 8. The molecule has 7 nitrogen and oxygen atoms in total. The summed E-state index contributed by atoms with van der Waals surface area (Å²) in [5.41, 5.74) is 1.24. The van der Waals surface area contributed by atoms with E-state index < -0.39 is 12.0 Å². The van der Waals surface area contributed by atoms with Gasteiger partial charge in [-0.1, -0.05) is 13.8 Å². The third kappa shape index (κ3) is 4.42. The molecule has 0 radical (unpaired) electrons. The highest BCUT2D eigenvalue weighted by atomic mass is 16.5. The average Bonchev–Trinajstić information content (AvgIpc) is 2.45. The number of hydrogen-bond acceptors (Lipinski definition) is 5. The number of carboxylic acid groups (broad SMARTS) is 1. The van der Waals surface area contributed by atoms with Gasteiger partial charge in [0.05, 0.1) is 11.8 Å². The van der Waals surface area contributed by atoms with Crippen molar-refractivity contribution in [3.63, 3.8) is 0 Å². The van der Waals surface area contributed by atoms with Crippen molar-refractivity contribution in [2.75, 3.05) is 26.7 Å². The molecule has 1 N–H and O–H groups in total. The normalized spacial score (nSPS) is 17.0. The largest absolute Gasteiger partial charge is 0.480 e. The van der Waals surface area contributed by atoms with Gasteiger partial charge >= 0.3 is 5.97 Å². The second-order valence-corrected chi connectivity index (χ2v) is 6.91. The molecular formula is C17H27N3O4. The van der Waals surface area contributed by atoms with Gasteiger partial charge in [-0.25, -0.2) is 9.48 Å². The summed E-state index contributed by atoms with van der Waals surface area (Å²) in [5, 5.41) is 13.8. The second kappa shape index (κ2) is 7.90. The minimum absolute atomic E-state index is 0.164. The van der Waals surface area contributed by atoms with Gasteiger partial charge < -0.3 is 9.84 Å². The van der Waals surface area contributed by atoms with Crippen molar-refractivity contribution in [1.29, 1.82) is 0 Å². The Labute approximate surface area is 142 Å². The highest BCUT2D eigenvalue weighted by molar-refractivity contribution is 5.71. The maximum atomic E-state index is 12.2. The Hall–Kier alpha value is -1.73. The van der Waals surface area contributed by atoms with E-state index in [1.165, 1.54) is 6.07 Å². The number of aliphatic carboxylic acids is 1. The highest BCUT2D eigenvalue weighted by Crippen LogP contribution is 2.17. The van der Waals surface area contributed by atoms with Crippen molar-refractivity contribution in [3.05, 3.63) is 27.7 Å². The third-order valence-electron chi connectivity index (χ3n) is 4.45. The minimum atomic E-state index is -1.02. The molecule has 134 valence electrons. The van der Waals surface area contributed by atoms with Crippen molar-refractivity contribution in [2.45, 2.75) is 45.8 Å². The first-order chi connectivity index (χ1) is 11.3. The molecule has 1 unspecified atom stereocenters. The number of nitrogens with zero attached hydrogens (tertiary/aromatic N) is 3. The van der Waals surface area contributed by atoms with Crippen LogP contribution in [0.5, 0.6) is 0 Å². The summed E-state index contributed by atoms with van der Waals surface area (Å²) in [7, 11) is 1.71. The van der Waals surface area contributed by atoms with E-state index >= 15 is 0 Å². The number of aromatic nitrogens is 2. The number of likely N-dealkylation sites (tertiary alicyclic amines) is 1. The predicted molar refractivity (Wildman–Crippen MR) is 90.3 cm³/mol. The lowest BCUT2D eigenvalue weighted by Gasteiger charge is -2.38. The van der Waals surface area contributed by atoms with Gasteiger partial charge in [0.25, 0.3) is 5.56 Å². The predicted octanol–water partition coefficient (Wildman–Crippen LogP) is 1.10. The Morgan fingerprint density at radius 2 is 2.12 bits per heavy atom. The summed E-state index contributed by atoms with van der Waals surface area (Å²) in [6.45, 7) is 8.35. The molecule has 1 aliphatic heterocycles. The summed E-state index contributed by atoms with van der Waals surface area (Å²) < 4.78 is 6.39. The maximum absolute atomic E-state index is 12.2. The summed E-state index contributed by atoms with van der Waals surface area (Å²) >= 11 is 0. The van der Waals surface area contributed by atoms with E-state index in [1.807, 2.05) is 20.8 Å². The Bertz CT molecular complexity index is 635. The molecule has 0 aliphatic carbocycles. The average molecular weight is 337 g/mol. The molecule has 0 saturated carbocycles. The van der Waals surface area contributed by atoms with Crippen LogP contribution in [-0.2, 0) is 16.0 Å². The second-order valence-electron chi connectivity index (χ2n) is 6.91. The number of carbonyl (C=O) groups is 1. The summed E-state index contributed by atoms with van der Waals surface area (Å²) in [5.74, 6) is -0.851. The number of methoxy groups -OCH3 is 1. The molecule has 2 heterocycles. The maximum Gasteiger partial charge on any atom is 0.328 e. The monoisotopic (exact) mass is 337 g/mol. The van der Waals surface area contributed by atoms with E-state index in [2.05, 4.69) is 10.00 Å². The van der Waals surface area contributed by atoms with Crippen LogP contribution in [0.3, 0.4) is 0 Å². The zero-order valence-electron chi connectivity index (χ0n) is 14.9. The van der Waals surface area contributed by atoms with Crippen LogP contribution >= 0.6 is 0 Å². The van der Waals surface area contributed by atoms with Crippen LogP contribution in [0.2, 0.25) is 0 Å². The van der Waals surface area contributed by atoms with Crippen molar-refractivity contribution in [2.24, 2.45) is 5.92 Å². The SMILES string of the molecule is COC1CN(CCc2nn(C(CC(C)C)C(=O)O)c(=O)cc2C)C1. The lowest BCUT2D eigenvalue weighted by atomic mass is 10.0. The first kappa shape index (κ1) is 18.6. The summed E-state index contributed by atoms with van der Waals surface area (Å²) in [6.07, 6.45) is 1.37. The van der Waals surface area contributed by atoms with Crippen LogP contribution in [0.25, 0.3) is 0 Å². The first-order valence-electron chi connectivity index (χ1n) is 8.39. The topological polar surface area (TPSA) is 84.7 Å².